The van der Waals surface area contributed by atoms with Crippen molar-refractivity contribution in [3.63, 3.8) is 0 Å². The van der Waals surface area contributed by atoms with Gasteiger partial charge in [-0.2, -0.15) is 28.8 Å². The first-order valence-corrected chi connectivity index (χ1v) is 9.74. The third-order valence-corrected chi connectivity index (χ3v) is 5.08. The van der Waals surface area contributed by atoms with E-state index in [9.17, 15) is 17.8 Å². The highest BCUT2D eigenvalue weighted by Gasteiger charge is 2.36. The van der Waals surface area contributed by atoms with Crippen LogP contribution in [-0.4, -0.2) is 37.7 Å². The molecule has 0 aliphatic carbocycles. The van der Waals surface area contributed by atoms with Crippen molar-refractivity contribution in [3.05, 3.63) is 47.5 Å². The van der Waals surface area contributed by atoms with E-state index in [1.807, 2.05) is 0 Å². The third kappa shape index (κ3) is 3.88. The van der Waals surface area contributed by atoms with Gasteiger partial charge in [0.05, 0.1) is 28.4 Å². The molecule has 1 N–H and O–H groups in total. The van der Waals surface area contributed by atoms with Crippen LogP contribution in [0.5, 0.6) is 5.75 Å². The number of amides is 1. The van der Waals surface area contributed by atoms with Gasteiger partial charge in [0, 0.05) is 0 Å². The molecule has 0 radical (unpaired) electrons. The Bertz CT molecular complexity index is 1100. The summed E-state index contributed by atoms with van der Waals surface area (Å²) >= 11 is 6.09. The lowest BCUT2D eigenvalue weighted by Crippen LogP contribution is -2.30. The average Bonchev–Trinajstić information content (AvgIpc) is 2.93. The highest BCUT2D eigenvalue weighted by atomic mass is 35.5. The first-order valence-electron chi connectivity index (χ1n) is 7.92. The molecular formula is C17H15ClN4O5S. The molecule has 0 bridgehead atoms. The van der Waals surface area contributed by atoms with Crippen LogP contribution in [0.3, 0.4) is 0 Å². The van der Waals surface area contributed by atoms with Gasteiger partial charge in [0.15, 0.2) is 6.04 Å². The molecule has 11 heteroatoms. The summed E-state index contributed by atoms with van der Waals surface area (Å²) in [4.78, 5) is 12.4. The number of rotatable bonds is 5. The number of carbonyl (C=O) groups is 1. The van der Waals surface area contributed by atoms with Crippen molar-refractivity contribution >= 4 is 44.7 Å². The van der Waals surface area contributed by atoms with E-state index in [4.69, 9.17) is 16.3 Å². The Kier molecular flexibility index (Phi) is 5.45. The van der Waals surface area contributed by atoms with E-state index in [0.29, 0.717) is 17.1 Å². The third-order valence-electron chi connectivity index (χ3n) is 3.91. The van der Waals surface area contributed by atoms with Crippen molar-refractivity contribution in [2.45, 2.75) is 17.9 Å². The molecule has 28 heavy (non-hydrogen) atoms. The number of ether oxygens (including phenoxy) is 1. The standard InChI is InChI=1S/C17H15ClN4O5S/c1-10-16(20-19-13-5-3-4-6-15(13)27-2)17(23)22(21-10)14-9-11(28(24,25)26)7-8-12(14)18/h3-9,16H,1-2H3,(H,24,25,26). The van der Waals surface area contributed by atoms with E-state index in [-0.39, 0.29) is 10.7 Å². The second-order valence-electron chi connectivity index (χ2n) is 5.77. The van der Waals surface area contributed by atoms with Crippen LogP contribution in [-0.2, 0) is 14.9 Å². The van der Waals surface area contributed by atoms with Crippen LogP contribution in [0.4, 0.5) is 11.4 Å². The summed E-state index contributed by atoms with van der Waals surface area (Å²) in [6, 6.07) is 9.34. The number of hydrazone groups is 1. The minimum absolute atomic E-state index is 0.0103. The Morgan fingerprint density at radius 3 is 2.64 bits per heavy atom. The van der Waals surface area contributed by atoms with Gasteiger partial charge in [-0.25, -0.2) is 0 Å². The topological polar surface area (TPSA) is 121 Å². The Labute approximate surface area is 166 Å². The molecule has 146 valence electrons. The summed E-state index contributed by atoms with van der Waals surface area (Å²) < 4.78 is 37.1. The number of methoxy groups -OCH3 is 1. The van der Waals surface area contributed by atoms with Gasteiger partial charge < -0.3 is 4.74 Å². The van der Waals surface area contributed by atoms with Gasteiger partial charge in [0.1, 0.15) is 11.4 Å². The maximum absolute atomic E-state index is 12.8. The van der Waals surface area contributed by atoms with Crippen molar-refractivity contribution in [2.24, 2.45) is 15.3 Å². The average molecular weight is 423 g/mol. The van der Waals surface area contributed by atoms with Gasteiger partial charge in [0.25, 0.3) is 16.0 Å². The van der Waals surface area contributed by atoms with Crippen LogP contribution in [0.1, 0.15) is 6.92 Å². The van der Waals surface area contributed by atoms with E-state index < -0.39 is 27.0 Å². The maximum Gasteiger partial charge on any atom is 0.294 e. The highest BCUT2D eigenvalue weighted by Crippen LogP contribution is 2.33. The summed E-state index contributed by atoms with van der Waals surface area (Å²) in [5, 5.41) is 13.3. The molecule has 0 saturated carbocycles. The monoisotopic (exact) mass is 422 g/mol. The van der Waals surface area contributed by atoms with Crippen LogP contribution in [0.25, 0.3) is 0 Å². The van der Waals surface area contributed by atoms with Crippen LogP contribution in [0.2, 0.25) is 5.02 Å². The van der Waals surface area contributed by atoms with E-state index in [0.717, 1.165) is 17.1 Å². The number of halogens is 1. The molecule has 1 unspecified atom stereocenters. The molecule has 3 rings (SSSR count). The number of azo groups is 1. The van der Waals surface area contributed by atoms with Crippen molar-refractivity contribution < 1.29 is 22.5 Å². The summed E-state index contributed by atoms with van der Waals surface area (Å²) in [6.45, 7) is 1.59. The minimum atomic E-state index is -4.47. The Hall–Kier alpha value is -2.82. The van der Waals surface area contributed by atoms with Gasteiger partial charge in [-0.3, -0.25) is 9.35 Å². The lowest BCUT2D eigenvalue weighted by molar-refractivity contribution is -0.117. The zero-order valence-corrected chi connectivity index (χ0v) is 16.3. The molecule has 2 aromatic carbocycles. The normalized spacial score (nSPS) is 17.3. The fourth-order valence-corrected chi connectivity index (χ4v) is 3.21. The molecule has 2 aromatic rings. The number of carbonyl (C=O) groups excluding carboxylic acids is 1. The predicted molar refractivity (Wildman–Crippen MR) is 103 cm³/mol. The first-order chi connectivity index (χ1) is 13.2. The number of hydrogen-bond donors (Lipinski definition) is 1. The molecule has 0 saturated heterocycles. The van der Waals surface area contributed by atoms with Gasteiger partial charge in [-0.05, 0) is 37.3 Å². The number of anilines is 1. The van der Waals surface area contributed by atoms with E-state index >= 15 is 0 Å². The van der Waals surface area contributed by atoms with Crippen molar-refractivity contribution in [3.8, 4) is 5.75 Å². The maximum atomic E-state index is 12.8. The van der Waals surface area contributed by atoms with Gasteiger partial charge in [0.2, 0.25) is 0 Å². The van der Waals surface area contributed by atoms with Crippen LogP contribution >= 0.6 is 11.6 Å². The Balaban J connectivity index is 1.93. The van der Waals surface area contributed by atoms with Gasteiger partial charge in [-0.1, -0.05) is 23.7 Å². The van der Waals surface area contributed by atoms with Crippen molar-refractivity contribution in [2.75, 3.05) is 12.1 Å². The van der Waals surface area contributed by atoms with E-state index in [1.165, 1.54) is 13.2 Å². The molecule has 1 aliphatic heterocycles. The number of hydrogen-bond acceptors (Lipinski definition) is 7. The van der Waals surface area contributed by atoms with Crippen LogP contribution in [0.15, 0.2) is 62.7 Å². The quantitative estimate of drug-likeness (QED) is 0.584. The highest BCUT2D eigenvalue weighted by molar-refractivity contribution is 7.85. The zero-order chi connectivity index (χ0) is 20.5. The molecule has 0 spiro atoms. The van der Waals surface area contributed by atoms with E-state index in [1.54, 1.807) is 31.2 Å². The molecule has 1 amide bonds. The molecular weight excluding hydrogens is 408 g/mol. The molecule has 0 aromatic heterocycles. The largest absolute Gasteiger partial charge is 0.494 e. The second-order valence-corrected chi connectivity index (χ2v) is 7.60. The van der Waals surface area contributed by atoms with E-state index in [2.05, 4.69) is 15.3 Å². The zero-order valence-electron chi connectivity index (χ0n) is 14.8. The van der Waals surface area contributed by atoms with Gasteiger partial charge in [-0.15, -0.1) is 0 Å². The van der Waals surface area contributed by atoms with Crippen molar-refractivity contribution in [1.82, 2.24) is 0 Å². The Morgan fingerprint density at radius 2 is 1.96 bits per heavy atom. The summed E-state index contributed by atoms with van der Waals surface area (Å²) in [6.07, 6.45) is 0. The van der Waals surface area contributed by atoms with Crippen molar-refractivity contribution in [1.29, 1.82) is 0 Å². The fraction of sp³-hybridized carbons (Fsp3) is 0.176. The SMILES string of the molecule is COc1ccccc1N=NC1C(=O)N(c2cc(S(=O)(=O)O)ccc2Cl)N=C1C. The molecule has 1 atom stereocenters. The molecule has 1 aliphatic rings. The summed E-state index contributed by atoms with van der Waals surface area (Å²) in [5.74, 6) is -0.0717. The molecule has 9 nitrogen and oxygen atoms in total. The Morgan fingerprint density at radius 1 is 1.25 bits per heavy atom. The number of benzene rings is 2. The van der Waals surface area contributed by atoms with Gasteiger partial charge >= 0.3 is 0 Å². The smallest absolute Gasteiger partial charge is 0.294 e. The summed E-state index contributed by atoms with van der Waals surface area (Å²) in [7, 11) is -2.98. The number of nitrogens with zero attached hydrogens (tertiary/aromatic N) is 4. The van der Waals surface area contributed by atoms with Crippen LogP contribution < -0.4 is 9.75 Å². The molecule has 0 fully saturated rings. The fourth-order valence-electron chi connectivity index (χ4n) is 2.51. The predicted octanol–water partition coefficient (Wildman–Crippen LogP) is 3.47. The van der Waals surface area contributed by atoms with Crippen LogP contribution in [0, 0.1) is 0 Å². The first kappa shape index (κ1) is 19.9. The lowest BCUT2D eigenvalue weighted by atomic mass is 10.2. The molecule has 1 heterocycles. The second kappa shape index (κ2) is 7.66. The minimum Gasteiger partial charge on any atom is -0.494 e. The summed E-state index contributed by atoms with van der Waals surface area (Å²) in [5.41, 5.74) is 0.795. The number of para-hydroxylation sites is 1. The lowest BCUT2D eigenvalue weighted by Gasteiger charge is -2.15.